The zero-order chi connectivity index (χ0) is 12.3. The van der Waals surface area contributed by atoms with E-state index in [1.54, 1.807) is 24.2 Å². The van der Waals surface area contributed by atoms with E-state index in [0.717, 1.165) is 11.4 Å². The standard InChI is InChI=1S/C12H14N4O/c1-9-7-11(15-14-9)12(17)16(2)8-10-5-3-4-6-13-10/h3-7H,8H2,1-2H3,(H,14,15). The van der Waals surface area contributed by atoms with Crippen LogP contribution in [-0.2, 0) is 6.54 Å². The summed E-state index contributed by atoms with van der Waals surface area (Å²) < 4.78 is 0. The second-order valence-corrected chi connectivity index (χ2v) is 3.92. The smallest absolute Gasteiger partial charge is 0.274 e. The first-order valence-corrected chi connectivity index (χ1v) is 5.34. The molecule has 2 aromatic heterocycles. The van der Waals surface area contributed by atoms with E-state index in [1.165, 1.54) is 0 Å². The number of aromatic amines is 1. The van der Waals surface area contributed by atoms with Crippen LogP contribution in [0.2, 0.25) is 0 Å². The van der Waals surface area contributed by atoms with Gasteiger partial charge in [-0.2, -0.15) is 5.10 Å². The van der Waals surface area contributed by atoms with E-state index in [-0.39, 0.29) is 5.91 Å². The van der Waals surface area contributed by atoms with Crippen LogP contribution >= 0.6 is 0 Å². The zero-order valence-electron chi connectivity index (χ0n) is 9.84. The maximum atomic E-state index is 12.0. The SMILES string of the molecule is Cc1cc(C(=O)N(C)Cc2ccccn2)n[nH]1. The summed E-state index contributed by atoms with van der Waals surface area (Å²) >= 11 is 0. The van der Waals surface area contributed by atoms with Gasteiger partial charge in [-0.05, 0) is 25.1 Å². The Morgan fingerprint density at radius 1 is 1.47 bits per heavy atom. The zero-order valence-corrected chi connectivity index (χ0v) is 9.84. The number of nitrogens with zero attached hydrogens (tertiary/aromatic N) is 3. The second-order valence-electron chi connectivity index (χ2n) is 3.92. The van der Waals surface area contributed by atoms with Crippen molar-refractivity contribution in [2.75, 3.05) is 7.05 Å². The Hall–Kier alpha value is -2.17. The highest BCUT2D eigenvalue weighted by molar-refractivity contribution is 5.92. The third kappa shape index (κ3) is 2.69. The molecule has 0 spiro atoms. The Labute approximate surface area is 99.5 Å². The van der Waals surface area contributed by atoms with Crippen LogP contribution < -0.4 is 0 Å². The largest absolute Gasteiger partial charge is 0.334 e. The molecule has 0 atom stereocenters. The van der Waals surface area contributed by atoms with Crippen LogP contribution in [0.5, 0.6) is 0 Å². The summed E-state index contributed by atoms with van der Waals surface area (Å²) in [6.07, 6.45) is 1.71. The number of hydrogen-bond acceptors (Lipinski definition) is 3. The minimum absolute atomic E-state index is 0.111. The molecule has 0 aliphatic carbocycles. The van der Waals surface area contributed by atoms with Crippen molar-refractivity contribution in [3.63, 3.8) is 0 Å². The number of H-pyrrole nitrogens is 1. The first kappa shape index (κ1) is 11.3. The lowest BCUT2D eigenvalue weighted by Gasteiger charge is -2.14. The third-order valence-corrected chi connectivity index (χ3v) is 2.40. The number of amides is 1. The summed E-state index contributed by atoms with van der Waals surface area (Å²) in [4.78, 5) is 17.8. The van der Waals surface area contributed by atoms with Gasteiger partial charge in [0.05, 0.1) is 12.2 Å². The number of aromatic nitrogens is 3. The van der Waals surface area contributed by atoms with Crippen molar-refractivity contribution in [2.24, 2.45) is 0 Å². The molecular weight excluding hydrogens is 216 g/mol. The Morgan fingerprint density at radius 2 is 2.29 bits per heavy atom. The van der Waals surface area contributed by atoms with E-state index < -0.39 is 0 Å². The number of nitrogens with one attached hydrogen (secondary N) is 1. The predicted octanol–water partition coefficient (Wildman–Crippen LogP) is 1.39. The molecule has 1 amide bonds. The van der Waals surface area contributed by atoms with Gasteiger partial charge >= 0.3 is 0 Å². The topological polar surface area (TPSA) is 61.9 Å². The van der Waals surface area contributed by atoms with Crippen molar-refractivity contribution in [2.45, 2.75) is 13.5 Å². The minimum Gasteiger partial charge on any atom is -0.334 e. The lowest BCUT2D eigenvalue weighted by molar-refractivity contribution is 0.0777. The molecule has 0 aromatic carbocycles. The summed E-state index contributed by atoms with van der Waals surface area (Å²) in [5, 5.41) is 6.70. The summed E-state index contributed by atoms with van der Waals surface area (Å²) in [6, 6.07) is 7.37. The third-order valence-electron chi connectivity index (χ3n) is 2.40. The molecule has 2 aromatic rings. The Kier molecular flexibility index (Phi) is 3.18. The lowest BCUT2D eigenvalue weighted by Crippen LogP contribution is -2.26. The van der Waals surface area contributed by atoms with Gasteiger partial charge in [0.15, 0.2) is 0 Å². The molecule has 0 saturated carbocycles. The molecule has 1 N–H and O–H groups in total. The predicted molar refractivity (Wildman–Crippen MR) is 63.4 cm³/mol. The fraction of sp³-hybridized carbons (Fsp3) is 0.250. The molecule has 5 nitrogen and oxygen atoms in total. The molecule has 2 rings (SSSR count). The van der Waals surface area contributed by atoms with Gasteiger partial charge in [-0.15, -0.1) is 0 Å². The highest BCUT2D eigenvalue weighted by Gasteiger charge is 2.14. The summed E-state index contributed by atoms with van der Waals surface area (Å²) in [6.45, 7) is 2.34. The molecule has 0 aliphatic rings. The molecule has 17 heavy (non-hydrogen) atoms. The number of hydrogen-bond donors (Lipinski definition) is 1. The van der Waals surface area contributed by atoms with Gasteiger partial charge in [0.25, 0.3) is 5.91 Å². The van der Waals surface area contributed by atoms with Gasteiger partial charge in [0.2, 0.25) is 0 Å². The molecule has 88 valence electrons. The maximum absolute atomic E-state index is 12.0. The molecule has 0 fully saturated rings. The highest BCUT2D eigenvalue weighted by Crippen LogP contribution is 2.05. The van der Waals surface area contributed by atoms with Gasteiger partial charge < -0.3 is 4.90 Å². The van der Waals surface area contributed by atoms with E-state index in [9.17, 15) is 4.79 Å². The minimum atomic E-state index is -0.111. The number of aryl methyl sites for hydroxylation is 1. The van der Waals surface area contributed by atoms with Crippen LogP contribution in [0.15, 0.2) is 30.5 Å². The van der Waals surface area contributed by atoms with Crippen LogP contribution in [0.3, 0.4) is 0 Å². The summed E-state index contributed by atoms with van der Waals surface area (Å²) in [7, 11) is 1.74. The normalized spacial score (nSPS) is 10.2. The van der Waals surface area contributed by atoms with Crippen LogP contribution in [0.4, 0.5) is 0 Å². The van der Waals surface area contributed by atoms with E-state index >= 15 is 0 Å². The van der Waals surface area contributed by atoms with E-state index in [4.69, 9.17) is 0 Å². The molecule has 0 unspecified atom stereocenters. The van der Waals surface area contributed by atoms with E-state index in [2.05, 4.69) is 15.2 Å². The van der Waals surface area contributed by atoms with Crippen LogP contribution in [-0.4, -0.2) is 33.0 Å². The fourth-order valence-electron chi connectivity index (χ4n) is 1.53. The molecule has 0 bridgehead atoms. The quantitative estimate of drug-likeness (QED) is 0.866. The lowest BCUT2D eigenvalue weighted by atomic mass is 10.3. The Bertz CT molecular complexity index is 506. The van der Waals surface area contributed by atoms with Crippen LogP contribution in [0.25, 0.3) is 0 Å². The van der Waals surface area contributed by atoms with Crippen molar-refractivity contribution in [1.82, 2.24) is 20.1 Å². The van der Waals surface area contributed by atoms with Crippen molar-refractivity contribution >= 4 is 5.91 Å². The number of carbonyl (C=O) groups is 1. The van der Waals surface area contributed by atoms with Crippen molar-refractivity contribution < 1.29 is 4.79 Å². The number of pyridine rings is 1. The van der Waals surface area contributed by atoms with Gasteiger partial charge in [-0.3, -0.25) is 14.9 Å². The maximum Gasteiger partial charge on any atom is 0.274 e. The van der Waals surface area contributed by atoms with Gasteiger partial charge in [0.1, 0.15) is 5.69 Å². The van der Waals surface area contributed by atoms with Crippen LogP contribution in [0, 0.1) is 6.92 Å². The Morgan fingerprint density at radius 3 is 2.88 bits per heavy atom. The van der Waals surface area contributed by atoms with Gasteiger partial charge in [-0.1, -0.05) is 6.07 Å². The molecule has 0 saturated heterocycles. The Balaban J connectivity index is 2.06. The first-order chi connectivity index (χ1) is 8.16. The highest BCUT2D eigenvalue weighted by atomic mass is 16.2. The molecule has 0 radical (unpaired) electrons. The van der Waals surface area contributed by atoms with Gasteiger partial charge in [0, 0.05) is 18.9 Å². The first-order valence-electron chi connectivity index (χ1n) is 5.34. The van der Waals surface area contributed by atoms with Gasteiger partial charge in [-0.25, -0.2) is 0 Å². The van der Waals surface area contributed by atoms with E-state index in [1.807, 2.05) is 25.1 Å². The second kappa shape index (κ2) is 4.78. The molecule has 5 heteroatoms. The monoisotopic (exact) mass is 230 g/mol. The molecule has 2 heterocycles. The summed E-state index contributed by atoms with van der Waals surface area (Å²) in [5.41, 5.74) is 2.16. The average molecular weight is 230 g/mol. The summed E-state index contributed by atoms with van der Waals surface area (Å²) in [5.74, 6) is -0.111. The molecular formula is C12H14N4O. The van der Waals surface area contributed by atoms with E-state index in [0.29, 0.717) is 12.2 Å². The number of rotatable bonds is 3. The van der Waals surface area contributed by atoms with Crippen molar-refractivity contribution in [3.05, 3.63) is 47.5 Å². The number of carbonyl (C=O) groups excluding carboxylic acids is 1. The molecule has 0 aliphatic heterocycles. The average Bonchev–Trinajstić information content (AvgIpc) is 2.76. The van der Waals surface area contributed by atoms with Crippen molar-refractivity contribution in [1.29, 1.82) is 0 Å². The van der Waals surface area contributed by atoms with Crippen LogP contribution in [0.1, 0.15) is 21.9 Å². The fourth-order valence-corrected chi connectivity index (χ4v) is 1.53. The van der Waals surface area contributed by atoms with Crippen molar-refractivity contribution in [3.8, 4) is 0 Å².